The number of nitrogens with zero attached hydrogens (tertiary/aromatic N) is 1. The van der Waals surface area contributed by atoms with Crippen molar-refractivity contribution in [1.29, 1.82) is 0 Å². The van der Waals surface area contributed by atoms with Crippen molar-refractivity contribution in [3.63, 3.8) is 0 Å². The van der Waals surface area contributed by atoms with Gasteiger partial charge in [0.1, 0.15) is 5.76 Å². The Hall–Kier alpha value is -1.75. The molecule has 5 heteroatoms. The van der Waals surface area contributed by atoms with Crippen molar-refractivity contribution in [3.8, 4) is 0 Å². The highest BCUT2D eigenvalue weighted by molar-refractivity contribution is 7.99. The number of aromatic nitrogens is 1. The zero-order valence-corrected chi connectivity index (χ0v) is 11.6. The largest absolute Gasteiger partial charge is 0.481 e. The summed E-state index contributed by atoms with van der Waals surface area (Å²) in [5.74, 6) is -0.0639. The molecular formula is C14H15NO3S. The van der Waals surface area contributed by atoms with Gasteiger partial charge in [0.15, 0.2) is 0 Å². The van der Waals surface area contributed by atoms with E-state index in [0.29, 0.717) is 5.22 Å². The van der Waals surface area contributed by atoms with E-state index in [-0.39, 0.29) is 11.7 Å². The number of aliphatic carboxylic acids is 1. The lowest BCUT2D eigenvalue weighted by molar-refractivity contribution is -0.137. The van der Waals surface area contributed by atoms with Crippen LogP contribution in [0.25, 0.3) is 0 Å². The van der Waals surface area contributed by atoms with Crippen LogP contribution in [0.2, 0.25) is 0 Å². The molecule has 1 N–H and O–H groups in total. The van der Waals surface area contributed by atoms with E-state index >= 15 is 0 Å². The van der Waals surface area contributed by atoms with Crippen molar-refractivity contribution in [1.82, 2.24) is 4.98 Å². The average Bonchev–Trinajstić information content (AvgIpc) is 2.68. The SMILES string of the molecule is Cc1nc(SC(CC(=O)O)c2ccccc2)oc1C. The van der Waals surface area contributed by atoms with Crippen LogP contribution in [0.3, 0.4) is 0 Å². The summed E-state index contributed by atoms with van der Waals surface area (Å²) < 4.78 is 5.51. The molecule has 0 saturated heterocycles. The van der Waals surface area contributed by atoms with E-state index in [2.05, 4.69) is 4.98 Å². The van der Waals surface area contributed by atoms with E-state index in [4.69, 9.17) is 9.52 Å². The molecule has 2 aromatic rings. The van der Waals surface area contributed by atoms with Crippen LogP contribution in [0.15, 0.2) is 40.0 Å². The summed E-state index contributed by atoms with van der Waals surface area (Å²) in [6.45, 7) is 3.72. The van der Waals surface area contributed by atoms with Gasteiger partial charge in [-0.15, -0.1) is 0 Å². The number of aryl methyl sites for hydroxylation is 2. The number of carboxylic acids is 1. The normalized spacial score (nSPS) is 12.3. The molecule has 1 aromatic heterocycles. The molecule has 19 heavy (non-hydrogen) atoms. The summed E-state index contributed by atoms with van der Waals surface area (Å²) in [5.41, 5.74) is 1.80. The Balaban J connectivity index is 2.21. The zero-order chi connectivity index (χ0) is 13.8. The highest BCUT2D eigenvalue weighted by Gasteiger charge is 2.20. The third-order valence-corrected chi connectivity index (χ3v) is 3.88. The second-order valence-electron chi connectivity index (χ2n) is 4.24. The first-order chi connectivity index (χ1) is 9.06. The smallest absolute Gasteiger partial charge is 0.304 e. The van der Waals surface area contributed by atoms with Crippen LogP contribution in [-0.4, -0.2) is 16.1 Å². The lowest BCUT2D eigenvalue weighted by Crippen LogP contribution is -2.03. The van der Waals surface area contributed by atoms with Gasteiger partial charge in [0, 0.05) is 5.25 Å². The van der Waals surface area contributed by atoms with Gasteiger partial charge < -0.3 is 9.52 Å². The number of benzene rings is 1. The molecule has 0 spiro atoms. The maximum atomic E-state index is 11.0. The van der Waals surface area contributed by atoms with E-state index in [0.717, 1.165) is 17.0 Å². The molecule has 0 aliphatic rings. The Morgan fingerprint density at radius 1 is 1.37 bits per heavy atom. The number of hydrogen-bond acceptors (Lipinski definition) is 4. The van der Waals surface area contributed by atoms with Crippen molar-refractivity contribution in [3.05, 3.63) is 47.3 Å². The predicted molar refractivity (Wildman–Crippen MR) is 73.3 cm³/mol. The molecule has 0 fully saturated rings. The summed E-state index contributed by atoms with van der Waals surface area (Å²) in [5, 5.41) is 9.34. The predicted octanol–water partition coefficient (Wildman–Crippen LogP) is 3.60. The topological polar surface area (TPSA) is 63.3 Å². The van der Waals surface area contributed by atoms with Gasteiger partial charge in [-0.05, 0) is 19.4 Å². The Kier molecular flexibility index (Phi) is 4.27. The summed E-state index contributed by atoms with van der Waals surface area (Å²) in [6.07, 6.45) is 0.0369. The Bertz CT molecular complexity index is 546. The molecule has 1 aromatic carbocycles. The van der Waals surface area contributed by atoms with Gasteiger partial charge in [0.05, 0.1) is 12.1 Å². The van der Waals surface area contributed by atoms with Gasteiger partial charge in [-0.2, -0.15) is 0 Å². The Labute approximate surface area is 115 Å². The Morgan fingerprint density at radius 2 is 2.05 bits per heavy atom. The lowest BCUT2D eigenvalue weighted by Gasteiger charge is -2.12. The lowest BCUT2D eigenvalue weighted by atomic mass is 10.1. The fourth-order valence-corrected chi connectivity index (χ4v) is 2.79. The molecule has 1 heterocycles. The molecule has 0 saturated carbocycles. The third-order valence-electron chi connectivity index (χ3n) is 2.78. The first kappa shape index (κ1) is 13.7. The molecule has 4 nitrogen and oxygen atoms in total. The third kappa shape index (κ3) is 3.61. The van der Waals surface area contributed by atoms with Crippen LogP contribution in [-0.2, 0) is 4.79 Å². The van der Waals surface area contributed by atoms with Gasteiger partial charge in [-0.3, -0.25) is 4.79 Å². The maximum absolute atomic E-state index is 11.0. The van der Waals surface area contributed by atoms with Crippen LogP contribution in [0.5, 0.6) is 0 Å². The first-order valence-corrected chi connectivity index (χ1v) is 6.81. The van der Waals surface area contributed by atoms with Crippen LogP contribution in [0.4, 0.5) is 0 Å². The number of hydrogen-bond donors (Lipinski definition) is 1. The summed E-state index contributed by atoms with van der Waals surface area (Å²) in [7, 11) is 0. The monoisotopic (exact) mass is 277 g/mol. The van der Waals surface area contributed by atoms with Gasteiger partial charge >= 0.3 is 5.97 Å². The first-order valence-electron chi connectivity index (χ1n) is 5.93. The van der Waals surface area contributed by atoms with Crippen molar-refractivity contribution >= 4 is 17.7 Å². The van der Waals surface area contributed by atoms with E-state index in [9.17, 15) is 4.79 Å². The zero-order valence-electron chi connectivity index (χ0n) is 10.8. The molecule has 1 atom stereocenters. The molecule has 2 rings (SSSR count). The van der Waals surface area contributed by atoms with Gasteiger partial charge in [0.2, 0.25) is 0 Å². The minimum atomic E-state index is -0.832. The van der Waals surface area contributed by atoms with Crippen LogP contribution >= 0.6 is 11.8 Å². The van der Waals surface area contributed by atoms with Crippen molar-refractivity contribution < 1.29 is 14.3 Å². The molecule has 0 bridgehead atoms. The minimum absolute atomic E-state index is 0.0369. The number of thioether (sulfide) groups is 1. The van der Waals surface area contributed by atoms with Crippen LogP contribution < -0.4 is 0 Å². The number of carbonyl (C=O) groups is 1. The molecule has 1 unspecified atom stereocenters. The van der Waals surface area contributed by atoms with Crippen molar-refractivity contribution in [2.45, 2.75) is 30.7 Å². The van der Waals surface area contributed by atoms with Gasteiger partial charge in [-0.25, -0.2) is 4.98 Å². The molecule has 0 amide bonds. The number of carboxylic acid groups (broad SMARTS) is 1. The van der Waals surface area contributed by atoms with Gasteiger partial charge in [-0.1, -0.05) is 42.1 Å². The molecular weight excluding hydrogens is 262 g/mol. The highest BCUT2D eigenvalue weighted by atomic mass is 32.2. The average molecular weight is 277 g/mol. The fourth-order valence-electron chi connectivity index (χ4n) is 1.67. The molecule has 0 aliphatic heterocycles. The summed E-state index contributed by atoms with van der Waals surface area (Å²) in [6, 6.07) is 9.55. The van der Waals surface area contributed by atoms with Crippen LogP contribution in [0, 0.1) is 13.8 Å². The highest BCUT2D eigenvalue weighted by Crippen LogP contribution is 2.37. The van der Waals surface area contributed by atoms with Crippen molar-refractivity contribution in [2.24, 2.45) is 0 Å². The van der Waals surface area contributed by atoms with E-state index in [1.165, 1.54) is 11.8 Å². The summed E-state index contributed by atoms with van der Waals surface area (Å²) in [4.78, 5) is 15.3. The fraction of sp³-hybridized carbons (Fsp3) is 0.286. The second kappa shape index (κ2) is 5.93. The van der Waals surface area contributed by atoms with E-state index < -0.39 is 5.97 Å². The standard InChI is InChI=1S/C14H15NO3S/c1-9-10(2)18-14(15-9)19-12(8-13(16)17)11-6-4-3-5-7-11/h3-7,12H,8H2,1-2H3,(H,16,17). The molecule has 0 aliphatic carbocycles. The van der Waals surface area contributed by atoms with Gasteiger partial charge in [0.25, 0.3) is 5.22 Å². The Morgan fingerprint density at radius 3 is 2.58 bits per heavy atom. The molecule has 100 valence electrons. The van der Waals surface area contributed by atoms with E-state index in [1.54, 1.807) is 0 Å². The van der Waals surface area contributed by atoms with Crippen LogP contribution in [0.1, 0.15) is 28.7 Å². The minimum Gasteiger partial charge on any atom is -0.481 e. The number of oxazole rings is 1. The van der Waals surface area contributed by atoms with E-state index in [1.807, 2.05) is 44.2 Å². The number of rotatable bonds is 5. The second-order valence-corrected chi connectivity index (χ2v) is 5.39. The summed E-state index contributed by atoms with van der Waals surface area (Å²) >= 11 is 1.35. The van der Waals surface area contributed by atoms with Crippen molar-refractivity contribution in [2.75, 3.05) is 0 Å². The quantitative estimate of drug-likeness (QED) is 0.846. The maximum Gasteiger partial charge on any atom is 0.304 e. The molecule has 0 radical (unpaired) electrons.